The molecule has 0 aliphatic carbocycles. The molecule has 1 heterocycles. The zero-order valence-electron chi connectivity index (χ0n) is 16.1. The number of halogens is 4. The van der Waals surface area contributed by atoms with Gasteiger partial charge in [0.2, 0.25) is 0 Å². The van der Waals surface area contributed by atoms with Crippen LogP contribution in [-0.4, -0.2) is 58.9 Å². The second-order valence-electron chi connectivity index (χ2n) is 7.40. The first-order valence-corrected chi connectivity index (χ1v) is 10.3. The summed E-state index contributed by atoms with van der Waals surface area (Å²) in [5.41, 5.74) is -1.93. The normalized spacial score (nSPS) is 16.2. The lowest BCUT2D eigenvalue weighted by atomic mass is 9.92. The third-order valence-corrected chi connectivity index (χ3v) is 5.34. The van der Waals surface area contributed by atoms with Crippen molar-refractivity contribution in [2.75, 3.05) is 31.5 Å². The summed E-state index contributed by atoms with van der Waals surface area (Å²) in [7, 11) is 0. The molecule has 1 saturated heterocycles. The number of hydrogen-bond acceptors (Lipinski definition) is 5. The minimum atomic E-state index is -1.30. The minimum Gasteiger partial charge on any atom is -0.392 e. The third kappa shape index (κ3) is 5.05. The lowest BCUT2D eigenvalue weighted by Crippen LogP contribution is -2.67. The molecule has 0 bridgehead atoms. The highest BCUT2D eigenvalue weighted by atomic mass is 127. The molecule has 0 aromatic heterocycles. The van der Waals surface area contributed by atoms with Crippen LogP contribution in [-0.2, 0) is 0 Å². The molecule has 1 fully saturated rings. The number of nitrogens with zero attached hydrogens (tertiary/aromatic N) is 1. The van der Waals surface area contributed by atoms with E-state index in [0.29, 0.717) is 3.57 Å². The molecule has 0 radical (unpaired) electrons. The highest BCUT2D eigenvalue weighted by Crippen LogP contribution is 2.31. The molecule has 10 heteroatoms. The monoisotopic (exact) mass is 535 g/mol. The fourth-order valence-electron chi connectivity index (χ4n) is 3.18. The van der Waals surface area contributed by atoms with Crippen LogP contribution in [0.5, 0.6) is 0 Å². The number of carbonyl (C=O) groups excluding carboxylic acids is 1. The topological polar surface area (TPSA) is 84.8 Å². The van der Waals surface area contributed by atoms with Crippen LogP contribution in [0.4, 0.5) is 24.5 Å². The van der Waals surface area contributed by atoms with Gasteiger partial charge in [0.15, 0.2) is 11.6 Å². The zero-order chi connectivity index (χ0) is 22.1. The summed E-state index contributed by atoms with van der Waals surface area (Å²) < 4.78 is 43.1. The Morgan fingerprint density at radius 2 is 1.93 bits per heavy atom. The number of aliphatic hydroxyl groups excluding tert-OH is 1. The van der Waals surface area contributed by atoms with Crippen molar-refractivity contribution in [3.63, 3.8) is 0 Å². The van der Waals surface area contributed by atoms with Crippen LogP contribution in [0.1, 0.15) is 17.3 Å². The van der Waals surface area contributed by atoms with Crippen LogP contribution in [0.2, 0.25) is 0 Å². The number of β-amino-alcohol motifs (C(OH)–C–C–N with tert-alkyl or cyclic N) is 1. The third-order valence-electron chi connectivity index (χ3n) is 4.67. The van der Waals surface area contributed by atoms with E-state index in [1.165, 1.54) is 17.0 Å². The first-order chi connectivity index (χ1) is 14.1. The number of nitrogens with one attached hydrogen (secondary N) is 2. The Kier molecular flexibility index (Phi) is 6.90. The first-order valence-electron chi connectivity index (χ1n) is 9.20. The summed E-state index contributed by atoms with van der Waals surface area (Å²) in [5, 5.41) is 25.1. The second-order valence-corrected chi connectivity index (χ2v) is 8.64. The minimum absolute atomic E-state index is 0.0189. The van der Waals surface area contributed by atoms with Crippen LogP contribution >= 0.6 is 22.6 Å². The molecule has 162 valence electrons. The summed E-state index contributed by atoms with van der Waals surface area (Å²) >= 11 is 1.91. The van der Waals surface area contributed by atoms with Crippen molar-refractivity contribution in [2.45, 2.75) is 18.6 Å². The Labute approximate surface area is 185 Å². The molecule has 1 atom stereocenters. The Balaban J connectivity index is 1.78. The van der Waals surface area contributed by atoms with E-state index in [0.717, 1.165) is 12.1 Å². The van der Waals surface area contributed by atoms with E-state index in [1.807, 2.05) is 22.6 Å². The molecular weight excluding hydrogens is 514 g/mol. The summed E-state index contributed by atoms with van der Waals surface area (Å²) in [5.74, 6) is -3.77. The number of hydrogen-bond donors (Lipinski definition) is 4. The van der Waals surface area contributed by atoms with Crippen LogP contribution in [0.15, 0.2) is 30.3 Å². The average Bonchev–Trinajstić information content (AvgIpc) is 2.64. The van der Waals surface area contributed by atoms with Gasteiger partial charge in [-0.2, -0.15) is 0 Å². The van der Waals surface area contributed by atoms with Crippen LogP contribution in [0.25, 0.3) is 0 Å². The van der Waals surface area contributed by atoms with Gasteiger partial charge < -0.3 is 25.7 Å². The fraction of sp³-hybridized carbons (Fsp3) is 0.350. The first kappa shape index (κ1) is 22.8. The Hall–Kier alpha value is -1.89. The molecule has 1 amide bonds. The van der Waals surface area contributed by atoms with Crippen molar-refractivity contribution >= 4 is 39.9 Å². The van der Waals surface area contributed by atoms with Crippen LogP contribution < -0.4 is 10.6 Å². The fourth-order valence-corrected chi connectivity index (χ4v) is 3.63. The Bertz CT molecular complexity index is 952. The van der Waals surface area contributed by atoms with E-state index < -0.39 is 40.8 Å². The molecule has 3 rings (SSSR count). The van der Waals surface area contributed by atoms with E-state index in [4.69, 9.17) is 0 Å². The number of rotatable bonds is 7. The van der Waals surface area contributed by atoms with Crippen molar-refractivity contribution in [3.8, 4) is 0 Å². The molecule has 2 aromatic rings. The predicted octanol–water partition coefficient (Wildman–Crippen LogP) is 2.61. The van der Waals surface area contributed by atoms with Crippen molar-refractivity contribution in [1.82, 2.24) is 10.2 Å². The van der Waals surface area contributed by atoms with E-state index >= 15 is 0 Å². The lowest BCUT2D eigenvalue weighted by Gasteiger charge is -2.46. The van der Waals surface area contributed by atoms with Gasteiger partial charge in [-0.3, -0.25) is 4.79 Å². The smallest absolute Gasteiger partial charge is 0.256 e. The number of carbonyl (C=O) groups is 1. The highest BCUT2D eigenvalue weighted by molar-refractivity contribution is 14.1. The standard InChI is InChI=1S/C20H21F3IN3O3/c1-11(28)7-25-8-20(30)9-27(10-20)19(29)13-3-4-14(21)17(23)18(13)26-16-5-2-12(24)6-15(16)22/h2-6,11,25-26,28,30H,7-10H2,1H3. The van der Waals surface area contributed by atoms with Gasteiger partial charge in [-0.25, -0.2) is 13.2 Å². The SMILES string of the molecule is CC(O)CNCC1(O)CN(C(=O)c2ccc(F)c(F)c2Nc2ccc(I)cc2F)C1. The molecule has 2 aromatic carbocycles. The molecule has 0 spiro atoms. The maximum Gasteiger partial charge on any atom is 0.256 e. The summed E-state index contributed by atoms with van der Waals surface area (Å²) in [6.45, 7) is 2.01. The van der Waals surface area contributed by atoms with Crippen LogP contribution in [0.3, 0.4) is 0 Å². The lowest BCUT2D eigenvalue weighted by molar-refractivity contribution is -0.0792. The van der Waals surface area contributed by atoms with Gasteiger partial charge in [0.1, 0.15) is 11.4 Å². The zero-order valence-corrected chi connectivity index (χ0v) is 18.2. The Morgan fingerprint density at radius 1 is 1.23 bits per heavy atom. The number of aliphatic hydroxyl groups is 2. The maximum atomic E-state index is 14.5. The van der Waals surface area contributed by atoms with Crippen molar-refractivity contribution in [3.05, 3.63) is 56.9 Å². The Morgan fingerprint density at radius 3 is 2.57 bits per heavy atom. The number of amides is 1. The van der Waals surface area contributed by atoms with Gasteiger partial charge in [-0.15, -0.1) is 0 Å². The van der Waals surface area contributed by atoms with Crippen LogP contribution in [0, 0.1) is 21.0 Å². The van der Waals surface area contributed by atoms with Gasteiger partial charge in [0, 0.05) is 16.7 Å². The summed E-state index contributed by atoms with van der Waals surface area (Å²) in [6.07, 6.45) is -0.580. The maximum absolute atomic E-state index is 14.5. The highest BCUT2D eigenvalue weighted by Gasteiger charge is 2.44. The van der Waals surface area contributed by atoms with E-state index in [2.05, 4.69) is 10.6 Å². The van der Waals surface area contributed by atoms with Gasteiger partial charge in [0.05, 0.1) is 36.1 Å². The van der Waals surface area contributed by atoms with Gasteiger partial charge in [0.25, 0.3) is 5.91 Å². The number of likely N-dealkylation sites (tertiary alicyclic amines) is 1. The predicted molar refractivity (Wildman–Crippen MR) is 114 cm³/mol. The van der Waals surface area contributed by atoms with E-state index in [9.17, 15) is 28.2 Å². The van der Waals surface area contributed by atoms with Crippen molar-refractivity contribution in [2.24, 2.45) is 0 Å². The number of anilines is 2. The number of benzene rings is 2. The van der Waals surface area contributed by atoms with E-state index in [-0.39, 0.29) is 37.4 Å². The molecular formula is C20H21F3IN3O3. The molecule has 0 saturated carbocycles. The van der Waals surface area contributed by atoms with Crippen molar-refractivity contribution in [1.29, 1.82) is 0 Å². The molecule has 6 nitrogen and oxygen atoms in total. The van der Waals surface area contributed by atoms with E-state index in [1.54, 1.807) is 13.0 Å². The second kappa shape index (κ2) is 9.08. The molecule has 1 aliphatic rings. The summed E-state index contributed by atoms with van der Waals surface area (Å²) in [4.78, 5) is 14.1. The molecule has 1 unspecified atom stereocenters. The quantitative estimate of drug-likeness (QED) is 0.410. The average molecular weight is 535 g/mol. The van der Waals surface area contributed by atoms with Crippen molar-refractivity contribution < 1.29 is 28.2 Å². The summed E-state index contributed by atoms with van der Waals surface area (Å²) in [6, 6.07) is 6.12. The van der Waals surface area contributed by atoms with Gasteiger partial charge in [-0.05, 0) is 59.8 Å². The van der Waals surface area contributed by atoms with Gasteiger partial charge >= 0.3 is 0 Å². The molecule has 4 N–H and O–H groups in total. The largest absolute Gasteiger partial charge is 0.392 e. The van der Waals surface area contributed by atoms with Gasteiger partial charge in [-0.1, -0.05) is 0 Å². The molecule has 1 aliphatic heterocycles. The molecule has 30 heavy (non-hydrogen) atoms.